The summed E-state index contributed by atoms with van der Waals surface area (Å²) in [5.41, 5.74) is 1.09. The Morgan fingerprint density at radius 2 is 2.12 bits per heavy atom. The Kier molecular flexibility index (Phi) is 3.82. The molecule has 0 amide bonds. The molecule has 1 nitrogen and oxygen atoms in total. The number of hydrogen-bond acceptors (Lipinski definition) is 2. The highest BCUT2D eigenvalue weighted by Crippen LogP contribution is 2.26. The highest BCUT2D eigenvalue weighted by molar-refractivity contribution is 7.18. The van der Waals surface area contributed by atoms with Gasteiger partial charge in [0.1, 0.15) is 0 Å². The smallest absolute Gasteiger partial charge is 0.0953 e. The molecule has 16 heavy (non-hydrogen) atoms. The lowest BCUT2D eigenvalue weighted by Crippen LogP contribution is -2.13. The number of rotatable bonds is 4. The Balaban J connectivity index is 2.15. The number of hydrogen-bond donors (Lipinski definition) is 0. The Hall–Kier alpha value is -0.600. The van der Waals surface area contributed by atoms with E-state index in [1.807, 2.05) is 6.07 Å². The first kappa shape index (κ1) is 11.9. The SMILES string of the molecule is CCC(C)C(Cl)Cc1nc2ccccc2s1. The first-order valence-electron chi connectivity index (χ1n) is 5.69. The summed E-state index contributed by atoms with van der Waals surface area (Å²) in [6, 6.07) is 8.25. The van der Waals surface area contributed by atoms with Crippen LogP contribution in [-0.2, 0) is 6.42 Å². The van der Waals surface area contributed by atoms with E-state index in [0.717, 1.165) is 23.4 Å². The number of para-hydroxylation sites is 1. The Bertz CT molecular complexity index is 433. The van der Waals surface area contributed by atoms with Gasteiger partial charge in [0.25, 0.3) is 0 Å². The zero-order chi connectivity index (χ0) is 11.5. The zero-order valence-electron chi connectivity index (χ0n) is 9.61. The van der Waals surface area contributed by atoms with Crippen LogP contribution in [0.5, 0.6) is 0 Å². The molecule has 2 atom stereocenters. The molecule has 0 radical (unpaired) electrons. The fourth-order valence-corrected chi connectivity index (χ4v) is 3.07. The maximum Gasteiger partial charge on any atom is 0.0953 e. The average molecular weight is 254 g/mol. The molecule has 0 fully saturated rings. The third-order valence-electron chi connectivity index (χ3n) is 2.97. The van der Waals surface area contributed by atoms with Crippen molar-refractivity contribution < 1.29 is 0 Å². The molecule has 1 heterocycles. The molecule has 0 saturated heterocycles. The average Bonchev–Trinajstić information content (AvgIpc) is 2.69. The van der Waals surface area contributed by atoms with Gasteiger partial charge in [-0.25, -0.2) is 4.98 Å². The summed E-state index contributed by atoms with van der Waals surface area (Å²) in [5.74, 6) is 0.550. The molecule has 2 aromatic rings. The number of thiazole rings is 1. The van der Waals surface area contributed by atoms with E-state index in [0.29, 0.717) is 5.92 Å². The van der Waals surface area contributed by atoms with Crippen molar-refractivity contribution in [3.05, 3.63) is 29.3 Å². The summed E-state index contributed by atoms with van der Waals surface area (Å²) < 4.78 is 1.26. The maximum absolute atomic E-state index is 6.36. The minimum Gasteiger partial charge on any atom is -0.241 e. The largest absolute Gasteiger partial charge is 0.241 e. The van der Waals surface area contributed by atoms with E-state index >= 15 is 0 Å². The number of nitrogens with zero attached hydrogens (tertiary/aromatic N) is 1. The highest BCUT2D eigenvalue weighted by Gasteiger charge is 2.15. The van der Waals surface area contributed by atoms with E-state index in [9.17, 15) is 0 Å². The molecule has 0 aliphatic rings. The number of aromatic nitrogens is 1. The molecular weight excluding hydrogens is 238 g/mol. The maximum atomic E-state index is 6.36. The fourth-order valence-electron chi connectivity index (χ4n) is 1.63. The van der Waals surface area contributed by atoms with Gasteiger partial charge >= 0.3 is 0 Å². The Labute approximate surface area is 105 Å². The molecule has 1 aromatic carbocycles. The van der Waals surface area contributed by atoms with Crippen LogP contribution in [0.4, 0.5) is 0 Å². The van der Waals surface area contributed by atoms with Gasteiger partial charge in [0.2, 0.25) is 0 Å². The first-order valence-corrected chi connectivity index (χ1v) is 6.94. The third-order valence-corrected chi connectivity index (χ3v) is 4.61. The quantitative estimate of drug-likeness (QED) is 0.732. The van der Waals surface area contributed by atoms with Gasteiger partial charge in [-0.1, -0.05) is 32.4 Å². The number of alkyl halides is 1. The zero-order valence-corrected chi connectivity index (χ0v) is 11.2. The van der Waals surface area contributed by atoms with E-state index in [2.05, 4.69) is 37.0 Å². The predicted molar refractivity (Wildman–Crippen MR) is 72.4 cm³/mol. The monoisotopic (exact) mass is 253 g/mol. The van der Waals surface area contributed by atoms with Crippen molar-refractivity contribution in [1.29, 1.82) is 0 Å². The molecule has 2 rings (SSSR count). The van der Waals surface area contributed by atoms with Crippen LogP contribution in [0.2, 0.25) is 0 Å². The molecule has 0 N–H and O–H groups in total. The van der Waals surface area contributed by atoms with Crippen molar-refractivity contribution in [3.8, 4) is 0 Å². The third kappa shape index (κ3) is 2.55. The second kappa shape index (κ2) is 5.15. The predicted octanol–water partition coefficient (Wildman–Crippen LogP) is 4.49. The van der Waals surface area contributed by atoms with Crippen LogP contribution >= 0.6 is 22.9 Å². The van der Waals surface area contributed by atoms with Crippen LogP contribution in [0.3, 0.4) is 0 Å². The summed E-state index contributed by atoms with van der Waals surface area (Å²) in [6.07, 6.45) is 2.01. The van der Waals surface area contributed by atoms with Crippen molar-refractivity contribution in [1.82, 2.24) is 4.98 Å². The van der Waals surface area contributed by atoms with Crippen LogP contribution in [0, 0.1) is 5.92 Å². The van der Waals surface area contributed by atoms with Crippen LogP contribution in [0.25, 0.3) is 10.2 Å². The summed E-state index contributed by atoms with van der Waals surface area (Å²) in [5, 5.41) is 1.35. The van der Waals surface area contributed by atoms with Gasteiger partial charge in [0.15, 0.2) is 0 Å². The summed E-state index contributed by atoms with van der Waals surface area (Å²) >= 11 is 8.12. The van der Waals surface area contributed by atoms with Gasteiger partial charge in [0, 0.05) is 11.8 Å². The molecule has 86 valence electrons. The molecule has 3 heteroatoms. The number of benzene rings is 1. The van der Waals surface area contributed by atoms with Crippen molar-refractivity contribution in [3.63, 3.8) is 0 Å². The fraction of sp³-hybridized carbons (Fsp3) is 0.462. The van der Waals surface area contributed by atoms with Gasteiger partial charge in [-0.2, -0.15) is 0 Å². The van der Waals surface area contributed by atoms with E-state index < -0.39 is 0 Å². The van der Waals surface area contributed by atoms with Crippen LogP contribution in [0.15, 0.2) is 24.3 Å². The lowest BCUT2D eigenvalue weighted by atomic mass is 10.0. The number of halogens is 1. The molecule has 0 saturated carbocycles. The topological polar surface area (TPSA) is 12.9 Å². The van der Waals surface area contributed by atoms with Gasteiger partial charge in [-0.15, -0.1) is 22.9 Å². The van der Waals surface area contributed by atoms with E-state index in [4.69, 9.17) is 11.6 Å². The molecule has 0 spiro atoms. The van der Waals surface area contributed by atoms with Crippen molar-refractivity contribution >= 4 is 33.2 Å². The molecule has 0 bridgehead atoms. The normalized spacial score (nSPS) is 15.2. The van der Waals surface area contributed by atoms with Crippen LogP contribution in [0.1, 0.15) is 25.3 Å². The molecule has 0 aliphatic heterocycles. The van der Waals surface area contributed by atoms with Crippen LogP contribution in [-0.4, -0.2) is 10.4 Å². The lowest BCUT2D eigenvalue weighted by molar-refractivity contribution is 0.524. The second-order valence-corrected chi connectivity index (χ2v) is 5.86. The van der Waals surface area contributed by atoms with Gasteiger partial charge in [-0.3, -0.25) is 0 Å². The van der Waals surface area contributed by atoms with Crippen molar-refractivity contribution in [2.45, 2.75) is 32.1 Å². The highest BCUT2D eigenvalue weighted by atomic mass is 35.5. The molecule has 1 aromatic heterocycles. The standard InChI is InChI=1S/C13H16ClNS/c1-3-9(2)10(14)8-13-15-11-6-4-5-7-12(11)16-13/h4-7,9-10H,3,8H2,1-2H3. The van der Waals surface area contributed by atoms with Gasteiger partial charge in [0.05, 0.1) is 15.2 Å². The molecule has 2 unspecified atom stereocenters. The minimum absolute atomic E-state index is 0.200. The molecular formula is C13H16ClNS. The number of fused-ring (bicyclic) bond motifs is 1. The van der Waals surface area contributed by atoms with Gasteiger partial charge < -0.3 is 0 Å². The summed E-state index contributed by atoms with van der Waals surface area (Å²) in [4.78, 5) is 4.60. The van der Waals surface area contributed by atoms with E-state index in [-0.39, 0.29) is 5.38 Å². The minimum atomic E-state index is 0.200. The Morgan fingerprint density at radius 3 is 2.81 bits per heavy atom. The van der Waals surface area contributed by atoms with Gasteiger partial charge in [-0.05, 0) is 18.1 Å². The van der Waals surface area contributed by atoms with Crippen molar-refractivity contribution in [2.24, 2.45) is 5.92 Å². The van der Waals surface area contributed by atoms with Crippen molar-refractivity contribution in [2.75, 3.05) is 0 Å². The summed E-state index contributed by atoms with van der Waals surface area (Å²) in [7, 11) is 0. The lowest BCUT2D eigenvalue weighted by Gasteiger charge is -2.13. The van der Waals surface area contributed by atoms with Crippen LogP contribution < -0.4 is 0 Å². The first-order chi connectivity index (χ1) is 7.70. The summed E-state index contributed by atoms with van der Waals surface area (Å²) in [6.45, 7) is 4.38. The van der Waals surface area contributed by atoms with E-state index in [1.54, 1.807) is 11.3 Å². The van der Waals surface area contributed by atoms with E-state index in [1.165, 1.54) is 4.70 Å². The molecule has 0 aliphatic carbocycles. The second-order valence-electron chi connectivity index (χ2n) is 4.18. The Morgan fingerprint density at radius 1 is 1.38 bits per heavy atom.